The molecule has 0 amide bonds. The Balaban J connectivity index is 1.47. The molecule has 0 bridgehead atoms. The monoisotopic (exact) mass is 411 g/mol. The van der Waals surface area contributed by atoms with Crippen molar-refractivity contribution in [2.45, 2.75) is 25.3 Å². The van der Waals surface area contributed by atoms with Gasteiger partial charge in [-0.2, -0.15) is 0 Å². The predicted octanol–water partition coefficient (Wildman–Crippen LogP) is 4.78. The Labute approximate surface area is 184 Å². The van der Waals surface area contributed by atoms with Crippen LogP contribution in [0.15, 0.2) is 79.3 Å². The molecular formula is C26H29N5. The Hall–Kier alpha value is -3.31. The van der Waals surface area contributed by atoms with Crippen LogP contribution in [0.25, 0.3) is 0 Å². The fraction of sp³-hybridized carbons (Fsp3) is 0.269. The van der Waals surface area contributed by atoms with Crippen LogP contribution in [0.2, 0.25) is 0 Å². The second-order valence-electron chi connectivity index (χ2n) is 8.57. The largest absolute Gasteiger partial charge is 0.382 e. The topological polar surface area (TPSA) is 48.6 Å². The van der Waals surface area contributed by atoms with E-state index in [9.17, 15) is 0 Å². The number of nitrogen functional groups attached to an aromatic ring is 1. The van der Waals surface area contributed by atoms with Crippen LogP contribution < -0.4 is 15.5 Å². The molecule has 1 atom stereocenters. The molecule has 1 aromatic heterocycles. The molecule has 1 saturated heterocycles. The summed E-state index contributed by atoms with van der Waals surface area (Å²) in [5.41, 5.74) is 12.1. The molecule has 2 aromatic carbocycles. The fourth-order valence-corrected chi connectivity index (χ4v) is 4.89. The number of hydrogen-bond donors (Lipinski definition) is 1. The van der Waals surface area contributed by atoms with Gasteiger partial charge in [-0.15, -0.1) is 0 Å². The van der Waals surface area contributed by atoms with Gasteiger partial charge in [0.15, 0.2) is 0 Å². The molecule has 1 fully saturated rings. The third kappa shape index (κ3) is 3.66. The third-order valence-corrected chi connectivity index (χ3v) is 6.36. The summed E-state index contributed by atoms with van der Waals surface area (Å²) in [5.74, 6) is 1.49. The molecule has 0 spiro atoms. The van der Waals surface area contributed by atoms with E-state index in [4.69, 9.17) is 5.73 Å². The molecular weight excluding hydrogens is 382 g/mol. The maximum Gasteiger partial charge on any atom is 0.149 e. The van der Waals surface area contributed by atoms with Crippen molar-refractivity contribution in [3.63, 3.8) is 0 Å². The van der Waals surface area contributed by atoms with E-state index < -0.39 is 0 Å². The van der Waals surface area contributed by atoms with Crippen LogP contribution in [0.3, 0.4) is 0 Å². The predicted molar refractivity (Wildman–Crippen MR) is 129 cm³/mol. The highest BCUT2D eigenvalue weighted by Crippen LogP contribution is 2.49. The zero-order chi connectivity index (χ0) is 21.4. The van der Waals surface area contributed by atoms with Gasteiger partial charge in [-0.05, 0) is 62.2 Å². The zero-order valence-electron chi connectivity index (χ0n) is 18.0. The average Bonchev–Trinajstić information content (AvgIpc) is 3.08. The maximum absolute atomic E-state index is 6.38. The molecule has 3 aromatic rings. The first kappa shape index (κ1) is 19.6. The van der Waals surface area contributed by atoms with Gasteiger partial charge in [0, 0.05) is 24.5 Å². The number of nitrogens with two attached hydrogens (primary N) is 1. The Morgan fingerprint density at radius 1 is 1.03 bits per heavy atom. The zero-order valence-corrected chi connectivity index (χ0v) is 18.0. The number of fused-ring (bicyclic) bond motifs is 1. The number of hydrogen-bond acceptors (Lipinski definition) is 5. The lowest BCUT2D eigenvalue weighted by atomic mass is 10.0. The third-order valence-electron chi connectivity index (χ3n) is 6.36. The summed E-state index contributed by atoms with van der Waals surface area (Å²) in [6.45, 7) is 6.66. The number of likely N-dealkylation sites (tertiary alicyclic amines) is 1. The second-order valence-corrected chi connectivity index (χ2v) is 8.57. The van der Waals surface area contributed by atoms with Crippen molar-refractivity contribution in [3.8, 4) is 0 Å². The maximum atomic E-state index is 6.38. The van der Waals surface area contributed by atoms with Crippen LogP contribution in [0.5, 0.6) is 0 Å². The van der Waals surface area contributed by atoms with E-state index in [0.29, 0.717) is 11.9 Å². The van der Waals surface area contributed by atoms with Crippen LogP contribution in [0.4, 0.5) is 22.9 Å². The number of aromatic nitrogens is 1. The van der Waals surface area contributed by atoms with Gasteiger partial charge in [0.25, 0.3) is 0 Å². The summed E-state index contributed by atoms with van der Waals surface area (Å²) in [5, 5.41) is 0. The Morgan fingerprint density at radius 2 is 1.77 bits per heavy atom. The molecule has 5 nitrogen and oxygen atoms in total. The van der Waals surface area contributed by atoms with Gasteiger partial charge < -0.3 is 15.5 Å². The molecule has 31 heavy (non-hydrogen) atoms. The van der Waals surface area contributed by atoms with Crippen molar-refractivity contribution in [1.82, 2.24) is 9.88 Å². The normalized spacial score (nSPS) is 19.0. The van der Waals surface area contributed by atoms with Crippen LogP contribution in [0.1, 0.15) is 24.0 Å². The van der Waals surface area contributed by atoms with Crippen molar-refractivity contribution in [2.24, 2.45) is 0 Å². The highest BCUT2D eigenvalue weighted by Gasteiger charge is 2.38. The van der Waals surface area contributed by atoms with Crippen molar-refractivity contribution >= 4 is 22.9 Å². The van der Waals surface area contributed by atoms with Gasteiger partial charge in [0.1, 0.15) is 17.3 Å². The van der Waals surface area contributed by atoms with Crippen LogP contribution >= 0.6 is 0 Å². The lowest BCUT2D eigenvalue weighted by molar-refractivity contribution is 0.249. The van der Waals surface area contributed by atoms with Crippen molar-refractivity contribution in [1.29, 1.82) is 0 Å². The van der Waals surface area contributed by atoms with E-state index in [0.717, 1.165) is 48.8 Å². The first-order valence-electron chi connectivity index (χ1n) is 11.0. The number of pyridine rings is 1. The van der Waals surface area contributed by atoms with Gasteiger partial charge >= 0.3 is 0 Å². The van der Waals surface area contributed by atoms with Gasteiger partial charge in [-0.1, -0.05) is 49.0 Å². The lowest BCUT2D eigenvalue weighted by Gasteiger charge is -2.38. The van der Waals surface area contributed by atoms with Gasteiger partial charge in [0.2, 0.25) is 0 Å². The van der Waals surface area contributed by atoms with E-state index in [-0.39, 0.29) is 0 Å². The van der Waals surface area contributed by atoms with E-state index >= 15 is 0 Å². The lowest BCUT2D eigenvalue weighted by Crippen LogP contribution is -2.46. The summed E-state index contributed by atoms with van der Waals surface area (Å²) < 4.78 is 0. The molecule has 2 aliphatic rings. The molecule has 3 heterocycles. The fourth-order valence-electron chi connectivity index (χ4n) is 4.89. The molecule has 5 rings (SSSR count). The molecule has 158 valence electrons. The minimum absolute atomic E-state index is 0.383. The van der Waals surface area contributed by atoms with Gasteiger partial charge in [-0.3, -0.25) is 4.90 Å². The number of nitrogens with zero attached hydrogens (tertiary/aromatic N) is 4. The highest BCUT2D eigenvalue weighted by molar-refractivity contribution is 5.94. The Kier molecular flexibility index (Phi) is 5.12. The molecule has 1 unspecified atom stereocenters. The number of anilines is 4. The van der Waals surface area contributed by atoms with Crippen LogP contribution in [-0.4, -0.2) is 36.1 Å². The first-order valence-corrected chi connectivity index (χ1v) is 11.0. The summed E-state index contributed by atoms with van der Waals surface area (Å²) in [6, 6.07) is 21.7. The molecule has 5 heteroatoms. The van der Waals surface area contributed by atoms with E-state index in [1.165, 1.54) is 17.5 Å². The van der Waals surface area contributed by atoms with E-state index in [2.05, 4.69) is 94.0 Å². The minimum atomic E-state index is 0.383. The van der Waals surface area contributed by atoms with Crippen molar-refractivity contribution < 1.29 is 0 Å². The summed E-state index contributed by atoms with van der Waals surface area (Å²) >= 11 is 0. The van der Waals surface area contributed by atoms with Crippen LogP contribution in [-0.2, 0) is 6.42 Å². The van der Waals surface area contributed by atoms with Crippen molar-refractivity contribution in [2.75, 3.05) is 35.7 Å². The standard InChI is InChI=1S/C26H29N5/c1-19-30(23-9-6-16-29(2)18-23)24-14-15-28-26(27)25(24)31(19)22-12-10-21(11-13-22)17-20-7-4-3-5-8-20/h3-5,7-8,10-15,23H,1,6,9,16-18H2,2H3,(H2,27,28). The SMILES string of the molecule is C=C1N(c2ccc(Cc3ccccc3)cc2)c2c(ccnc2N)N1C1CCCN(C)C1. The van der Waals surface area contributed by atoms with E-state index in [1.807, 2.05) is 0 Å². The molecule has 0 saturated carbocycles. The van der Waals surface area contributed by atoms with Gasteiger partial charge in [0.05, 0.1) is 5.69 Å². The first-order chi connectivity index (χ1) is 15.1. The number of piperidine rings is 1. The smallest absolute Gasteiger partial charge is 0.149 e. The van der Waals surface area contributed by atoms with Crippen LogP contribution in [0, 0.1) is 0 Å². The number of likely N-dealkylation sites (N-methyl/N-ethyl adjacent to an activating group) is 1. The van der Waals surface area contributed by atoms with Gasteiger partial charge in [-0.25, -0.2) is 4.98 Å². The summed E-state index contributed by atoms with van der Waals surface area (Å²) in [7, 11) is 2.19. The molecule has 2 aliphatic heterocycles. The second kappa shape index (κ2) is 8.08. The summed E-state index contributed by atoms with van der Waals surface area (Å²) in [4.78, 5) is 11.3. The highest BCUT2D eigenvalue weighted by atomic mass is 15.4. The quantitative estimate of drug-likeness (QED) is 0.670. The molecule has 0 aliphatic carbocycles. The summed E-state index contributed by atoms with van der Waals surface area (Å²) in [6.07, 6.45) is 5.06. The van der Waals surface area contributed by atoms with E-state index in [1.54, 1.807) is 6.20 Å². The average molecular weight is 412 g/mol. The minimum Gasteiger partial charge on any atom is -0.382 e. The van der Waals surface area contributed by atoms with Crippen molar-refractivity contribution in [3.05, 3.63) is 90.4 Å². The Morgan fingerprint density at radius 3 is 2.52 bits per heavy atom. The Bertz CT molecular complexity index is 1080. The number of benzene rings is 2. The number of rotatable bonds is 4. The molecule has 0 radical (unpaired) electrons. The molecule has 2 N–H and O–H groups in total.